The first-order valence-corrected chi connectivity index (χ1v) is 13.6. The predicted molar refractivity (Wildman–Crippen MR) is 150 cm³/mol. The number of para-hydroxylation sites is 1. The highest BCUT2D eigenvalue weighted by Crippen LogP contribution is 2.29. The van der Waals surface area contributed by atoms with Crippen LogP contribution in [0.1, 0.15) is 15.9 Å². The highest BCUT2D eigenvalue weighted by molar-refractivity contribution is 7.92. The molecular weight excluding hydrogens is 540 g/mol. The standard InChI is InChI=1S/C29H25ClN2O6S/c1-20-8-15-25(16-9-20)39(35,36)32(22-11-13-24(14-12-22)38-23-6-4-3-5-7-23)19-28(33)31-27-18-21(29(34)37-2)10-17-26(27)30/h3-18H,19H2,1-2H3,(H,31,33). The van der Waals surface area contributed by atoms with Crippen LogP contribution in [0.4, 0.5) is 11.4 Å². The second-order valence-electron chi connectivity index (χ2n) is 8.47. The van der Waals surface area contributed by atoms with Crippen molar-refractivity contribution in [3.8, 4) is 11.5 Å². The molecule has 4 aromatic rings. The number of rotatable bonds is 9. The Morgan fingerprint density at radius 2 is 1.51 bits per heavy atom. The number of nitrogens with zero attached hydrogens (tertiary/aromatic N) is 1. The largest absolute Gasteiger partial charge is 0.465 e. The van der Waals surface area contributed by atoms with E-state index in [1.54, 1.807) is 48.5 Å². The highest BCUT2D eigenvalue weighted by Gasteiger charge is 2.27. The van der Waals surface area contributed by atoms with Crippen LogP contribution in [0.2, 0.25) is 5.02 Å². The van der Waals surface area contributed by atoms with Gasteiger partial charge in [-0.3, -0.25) is 9.10 Å². The molecular formula is C29H25ClN2O6S. The van der Waals surface area contributed by atoms with Crippen molar-refractivity contribution in [2.24, 2.45) is 0 Å². The van der Waals surface area contributed by atoms with Gasteiger partial charge in [0, 0.05) is 0 Å². The molecule has 4 rings (SSSR count). The van der Waals surface area contributed by atoms with E-state index in [1.165, 1.54) is 37.4 Å². The second-order valence-corrected chi connectivity index (χ2v) is 10.7. The molecule has 0 heterocycles. The zero-order valence-corrected chi connectivity index (χ0v) is 22.7. The molecule has 4 aromatic carbocycles. The van der Waals surface area contributed by atoms with Gasteiger partial charge >= 0.3 is 5.97 Å². The molecule has 39 heavy (non-hydrogen) atoms. The van der Waals surface area contributed by atoms with Gasteiger partial charge in [-0.15, -0.1) is 0 Å². The van der Waals surface area contributed by atoms with E-state index in [9.17, 15) is 18.0 Å². The van der Waals surface area contributed by atoms with Crippen molar-refractivity contribution in [2.75, 3.05) is 23.3 Å². The molecule has 10 heteroatoms. The monoisotopic (exact) mass is 564 g/mol. The van der Waals surface area contributed by atoms with Gasteiger partial charge in [0.15, 0.2) is 0 Å². The fourth-order valence-corrected chi connectivity index (χ4v) is 5.23. The topological polar surface area (TPSA) is 102 Å². The fraction of sp³-hybridized carbons (Fsp3) is 0.103. The van der Waals surface area contributed by atoms with Gasteiger partial charge in [0.1, 0.15) is 18.0 Å². The molecule has 0 radical (unpaired) electrons. The second kappa shape index (κ2) is 12.0. The van der Waals surface area contributed by atoms with Crippen molar-refractivity contribution in [3.63, 3.8) is 0 Å². The van der Waals surface area contributed by atoms with E-state index >= 15 is 0 Å². The molecule has 8 nitrogen and oxygen atoms in total. The van der Waals surface area contributed by atoms with Crippen LogP contribution in [-0.2, 0) is 19.6 Å². The summed E-state index contributed by atoms with van der Waals surface area (Å²) in [7, 11) is -2.91. The first-order valence-electron chi connectivity index (χ1n) is 11.8. The van der Waals surface area contributed by atoms with Crippen LogP contribution < -0.4 is 14.4 Å². The van der Waals surface area contributed by atoms with Gasteiger partial charge in [-0.25, -0.2) is 13.2 Å². The number of amides is 1. The number of carbonyl (C=O) groups is 2. The average Bonchev–Trinajstić information content (AvgIpc) is 2.94. The highest BCUT2D eigenvalue weighted by atomic mass is 35.5. The Balaban J connectivity index is 1.64. The molecule has 0 bridgehead atoms. The minimum absolute atomic E-state index is 0.0243. The Morgan fingerprint density at radius 1 is 0.872 bits per heavy atom. The Kier molecular flexibility index (Phi) is 8.53. The third-order valence-corrected chi connectivity index (χ3v) is 7.78. The molecule has 1 N–H and O–H groups in total. The Bertz CT molecular complexity index is 1570. The number of nitrogens with one attached hydrogen (secondary N) is 1. The van der Waals surface area contributed by atoms with Gasteiger partial charge in [0.05, 0.1) is 34.0 Å². The number of esters is 1. The normalized spacial score (nSPS) is 10.9. The van der Waals surface area contributed by atoms with E-state index in [0.717, 1.165) is 9.87 Å². The number of carbonyl (C=O) groups excluding carboxylic acids is 2. The van der Waals surface area contributed by atoms with Gasteiger partial charge in [-0.2, -0.15) is 0 Å². The number of benzene rings is 4. The molecule has 0 aromatic heterocycles. The number of anilines is 2. The van der Waals surface area contributed by atoms with Crippen LogP contribution >= 0.6 is 11.6 Å². The van der Waals surface area contributed by atoms with E-state index in [2.05, 4.69) is 5.32 Å². The van der Waals surface area contributed by atoms with E-state index in [1.807, 2.05) is 25.1 Å². The first kappa shape index (κ1) is 27.7. The maximum absolute atomic E-state index is 13.7. The Hall–Kier alpha value is -4.34. The van der Waals surface area contributed by atoms with Crippen molar-refractivity contribution in [1.29, 1.82) is 0 Å². The minimum Gasteiger partial charge on any atom is -0.465 e. The van der Waals surface area contributed by atoms with E-state index in [4.69, 9.17) is 21.1 Å². The smallest absolute Gasteiger partial charge is 0.337 e. The number of ether oxygens (including phenoxy) is 2. The molecule has 0 saturated carbocycles. The third kappa shape index (κ3) is 6.76. The summed E-state index contributed by atoms with van der Waals surface area (Å²) in [5.74, 6) is -0.156. The molecule has 0 aliphatic heterocycles. The molecule has 1 amide bonds. The lowest BCUT2D eigenvalue weighted by atomic mass is 10.2. The van der Waals surface area contributed by atoms with Crippen LogP contribution in [0.3, 0.4) is 0 Å². The third-order valence-electron chi connectivity index (χ3n) is 5.66. The number of methoxy groups -OCH3 is 1. The maximum atomic E-state index is 13.7. The molecule has 0 fully saturated rings. The SMILES string of the molecule is COC(=O)c1ccc(Cl)c(NC(=O)CN(c2ccc(Oc3ccccc3)cc2)S(=O)(=O)c2ccc(C)cc2)c1. The van der Waals surface area contributed by atoms with Gasteiger partial charge in [-0.05, 0) is 73.7 Å². The number of halogens is 1. The van der Waals surface area contributed by atoms with Crippen molar-refractivity contribution >= 4 is 44.9 Å². The molecule has 0 aliphatic rings. The summed E-state index contributed by atoms with van der Waals surface area (Å²) in [6.45, 7) is 1.28. The molecule has 0 spiro atoms. The minimum atomic E-state index is -4.14. The zero-order valence-electron chi connectivity index (χ0n) is 21.1. The van der Waals surface area contributed by atoms with Crippen LogP contribution in [-0.4, -0.2) is 33.9 Å². The average molecular weight is 565 g/mol. The van der Waals surface area contributed by atoms with Crippen molar-refractivity contribution in [3.05, 3.63) is 113 Å². The zero-order chi connectivity index (χ0) is 28.0. The van der Waals surface area contributed by atoms with Gasteiger partial charge in [0.2, 0.25) is 5.91 Å². The van der Waals surface area contributed by atoms with Crippen molar-refractivity contribution in [2.45, 2.75) is 11.8 Å². The molecule has 0 atom stereocenters. The van der Waals surface area contributed by atoms with Crippen LogP contribution in [0, 0.1) is 6.92 Å². The maximum Gasteiger partial charge on any atom is 0.337 e. The van der Waals surface area contributed by atoms with Crippen molar-refractivity contribution < 1.29 is 27.5 Å². The first-order chi connectivity index (χ1) is 18.7. The summed E-state index contributed by atoms with van der Waals surface area (Å²) in [5, 5.41) is 2.77. The summed E-state index contributed by atoms with van der Waals surface area (Å²) in [5.41, 5.74) is 1.46. The predicted octanol–water partition coefficient (Wildman–Crippen LogP) is 6.06. The summed E-state index contributed by atoms with van der Waals surface area (Å²) in [4.78, 5) is 25.1. The summed E-state index contributed by atoms with van der Waals surface area (Å²) in [6, 6.07) is 26.1. The summed E-state index contributed by atoms with van der Waals surface area (Å²) >= 11 is 6.21. The molecule has 0 saturated heterocycles. The van der Waals surface area contributed by atoms with E-state index in [0.29, 0.717) is 11.5 Å². The van der Waals surface area contributed by atoms with Crippen LogP contribution in [0.25, 0.3) is 0 Å². The lowest BCUT2D eigenvalue weighted by Gasteiger charge is -2.24. The lowest BCUT2D eigenvalue weighted by Crippen LogP contribution is -2.38. The van der Waals surface area contributed by atoms with Gasteiger partial charge < -0.3 is 14.8 Å². The summed E-state index contributed by atoms with van der Waals surface area (Å²) < 4.78 is 38.9. The Labute approximate surface area is 231 Å². The van der Waals surface area contributed by atoms with Crippen molar-refractivity contribution in [1.82, 2.24) is 0 Å². The number of hydrogen-bond acceptors (Lipinski definition) is 6. The number of aryl methyl sites for hydroxylation is 1. The lowest BCUT2D eigenvalue weighted by molar-refractivity contribution is -0.114. The molecule has 0 unspecified atom stereocenters. The van der Waals surface area contributed by atoms with Crippen LogP contribution in [0.5, 0.6) is 11.5 Å². The van der Waals surface area contributed by atoms with Gasteiger partial charge in [-0.1, -0.05) is 47.5 Å². The van der Waals surface area contributed by atoms with E-state index < -0.39 is 28.4 Å². The van der Waals surface area contributed by atoms with E-state index in [-0.39, 0.29) is 26.9 Å². The molecule has 200 valence electrons. The summed E-state index contributed by atoms with van der Waals surface area (Å²) in [6.07, 6.45) is 0. The number of hydrogen-bond donors (Lipinski definition) is 1. The quantitative estimate of drug-likeness (QED) is 0.248. The fourth-order valence-electron chi connectivity index (χ4n) is 3.64. The molecule has 0 aliphatic carbocycles. The van der Waals surface area contributed by atoms with Gasteiger partial charge in [0.25, 0.3) is 10.0 Å². The van der Waals surface area contributed by atoms with Crippen LogP contribution in [0.15, 0.2) is 102 Å². The Morgan fingerprint density at radius 3 is 2.15 bits per heavy atom. The number of sulfonamides is 1.